The number of aromatic nitrogens is 2. The summed E-state index contributed by atoms with van der Waals surface area (Å²) in [5.74, 6) is -0.425. The Bertz CT molecular complexity index is 2670. The zero-order valence-electron chi connectivity index (χ0n) is 39.6. The number of benzene rings is 4. The number of hydrogen-bond donors (Lipinski definition) is 4. The highest BCUT2D eigenvalue weighted by atomic mass is 79.9. The molecule has 0 aliphatic carbocycles. The van der Waals surface area contributed by atoms with Crippen LogP contribution < -0.4 is 16.0 Å². The van der Waals surface area contributed by atoms with Gasteiger partial charge in [0.1, 0.15) is 6.04 Å². The maximum absolute atomic E-state index is 13.3. The molecule has 2 unspecified atom stereocenters. The van der Waals surface area contributed by atoms with E-state index in [2.05, 4.69) is 62.9 Å². The zero-order valence-corrected chi connectivity index (χ0v) is 42.8. The predicted octanol–water partition coefficient (Wildman–Crippen LogP) is 12.5. The lowest BCUT2D eigenvalue weighted by Crippen LogP contribution is -2.36. The SMILES string of the molecule is CC.CC(C)N(C)C(=O)Nc1ccc(C(=N)CC(NC(=O)c2ccc(Br)cc2)c2ccccn2)cc1.CC(C)OC(=O)Nc1ccc(C2=NN(C(=O)c3ccc(Br)cc3)C(c3ccccn3)C2)cc1. The molecule has 0 fully saturated rings. The molecule has 358 valence electrons. The minimum Gasteiger partial charge on any atom is -0.447 e. The quantitative estimate of drug-likeness (QED) is 0.0830. The molecule has 0 saturated heterocycles. The number of urea groups is 1. The van der Waals surface area contributed by atoms with Gasteiger partial charge in [0, 0.05) is 75.5 Å². The Morgan fingerprint density at radius 3 is 1.83 bits per heavy atom. The van der Waals surface area contributed by atoms with Gasteiger partial charge in [-0.25, -0.2) is 14.6 Å². The molecule has 7 rings (SSSR count). The smallest absolute Gasteiger partial charge is 0.411 e. The molecule has 0 radical (unpaired) electrons. The van der Waals surface area contributed by atoms with Gasteiger partial charge in [-0.05, 0) is 136 Å². The molecule has 1 aliphatic rings. The van der Waals surface area contributed by atoms with Crippen LogP contribution in [0.25, 0.3) is 0 Å². The lowest BCUT2D eigenvalue weighted by atomic mass is 9.99. The molecule has 6 aromatic rings. The van der Waals surface area contributed by atoms with Crippen LogP contribution in [0.3, 0.4) is 0 Å². The van der Waals surface area contributed by atoms with Crippen molar-refractivity contribution in [1.82, 2.24) is 25.2 Å². The van der Waals surface area contributed by atoms with Gasteiger partial charge in [-0.1, -0.05) is 82.1 Å². The summed E-state index contributed by atoms with van der Waals surface area (Å²) < 4.78 is 6.90. The molecule has 14 nitrogen and oxygen atoms in total. The monoisotopic (exact) mass is 1060 g/mol. The molecular formula is C53H57Br2N9O5. The maximum atomic E-state index is 13.3. The molecule has 4 aromatic carbocycles. The fourth-order valence-corrected chi connectivity index (χ4v) is 7.21. The third-order valence-corrected chi connectivity index (χ3v) is 11.5. The average Bonchev–Trinajstić information content (AvgIpc) is 3.81. The molecule has 4 N–H and O–H groups in total. The Morgan fingerprint density at radius 2 is 1.28 bits per heavy atom. The minimum absolute atomic E-state index is 0.0867. The van der Waals surface area contributed by atoms with Crippen molar-refractivity contribution >= 4 is 78.6 Å². The van der Waals surface area contributed by atoms with Crippen LogP contribution in [0.15, 0.2) is 160 Å². The predicted molar refractivity (Wildman–Crippen MR) is 280 cm³/mol. The van der Waals surface area contributed by atoms with Crippen LogP contribution in [0.1, 0.15) is 110 Å². The van der Waals surface area contributed by atoms with Crippen LogP contribution >= 0.6 is 31.9 Å². The van der Waals surface area contributed by atoms with Gasteiger partial charge in [-0.2, -0.15) is 5.10 Å². The van der Waals surface area contributed by atoms with Crippen molar-refractivity contribution in [2.45, 2.75) is 78.6 Å². The van der Waals surface area contributed by atoms with Crippen molar-refractivity contribution in [2.24, 2.45) is 5.10 Å². The molecular weight excluding hydrogens is 1000 g/mol. The molecule has 2 atom stereocenters. The number of anilines is 2. The molecule has 16 heteroatoms. The lowest BCUT2D eigenvalue weighted by Gasteiger charge is -2.22. The van der Waals surface area contributed by atoms with Crippen molar-refractivity contribution in [3.05, 3.63) is 188 Å². The lowest BCUT2D eigenvalue weighted by molar-refractivity contribution is 0.0707. The number of halogens is 2. The van der Waals surface area contributed by atoms with Crippen LogP contribution in [-0.4, -0.2) is 74.4 Å². The first kappa shape index (κ1) is 52.9. The van der Waals surface area contributed by atoms with Gasteiger partial charge in [0.15, 0.2) is 0 Å². The fourth-order valence-electron chi connectivity index (χ4n) is 6.69. The number of hydrazone groups is 1. The minimum atomic E-state index is -0.502. The summed E-state index contributed by atoms with van der Waals surface area (Å²) in [5.41, 5.74) is 6.49. The summed E-state index contributed by atoms with van der Waals surface area (Å²) in [6.45, 7) is 11.5. The number of nitrogens with one attached hydrogen (secondary N) is 4. The number of ether oxygens (including phenoxy) is 1. The van der Waals surface area contributed by atoms with Gasteiger partial charge >= 0.3 is 12.1 Å². The molecule has 0 spiro atoms. The molecule has 69 heavy (non-hydrogen) atoms. The van der Waals surface area contributed by atoms with Crippen LogP contribution in [0.2, 0.25) is 0 Å². The van der Waals surface area contributed by atoms with Crippen molar-refractivity contribution in [1.29, 1.82) is 5.41 Å². The number of rotatable bonds is 13. The highest BCUT2D eigenvalue weighted by Gasteiger charge is 2.34. The molecule has 0 bridgehead atoms. The van der Waals surface area contributed by atoms with E-state index in [1.54, 1.807) is 98.9 Å². The standard InChI is InChI=1S/C26H28BrN5O2.C25H23BrN4O3.C2H6/c1-17(2)32(3)26(34)30-21-13-9-18(10-14-21)22(28)16-24(23-6-4-5-15-29-23)31-25(33)19-7-11-20(27)12-8-19;1-16(2)33-25(32)28-20-12-8-17(9-13-20)22-15-23(21-5-3-4-14-27-21)30(29-22)24(31)18-6-10-19(26)11-7-18;1-2/h4-15,17,24,28H,16H2,1-3H3,(H,30,34)(H,31,33);3-14,16,23H,15H2,1-2H3,(H,28,32);1-2H3. The number of pyridine rings is 2. The topological polar surface area (TPSA) is 182 Å². The molecule has 0 saturated carbocycles. The van der Waals surface area contributed by atoms with E-state index in [9.17, 15) is 19.2 Å². The Labute approximate surface area is 420 Å². The molecule has 5 amide bonds. The Balaban J connectivity index is 0.000000249. The highest BCUT2D eigenvalue weighted by molar-refractivity contribution is 9.10. The number of carbonyl (C=O) groups is 4. The summed E-state index contributed by atoms with van der Waals surface area (Å²) in [6, 6.07) is 39.0. The van der Waals surface area contributed by atoms with E-state index in [1.165, 1.54) is 5.01 Å². The van der Waals surface area contributed by atoms with Crippen LogP contribution in [0.5, 0.6) is 0 Å². The number of nitrogens with zero attached hydrogens (tertiary/aromatic N) is 5. The third-order valence-electron chi connectivity index (χ3n) is 10.5. The number of hydrogen-bond acceptors (Lipinski definition) is 9. The first-order chi connectivity index (χ1) is 33.1. The van der Waals surface area contributed by atoms with Crippen molar-refractivity contribution in [3.63, 3.8) is 0 Å². The van der Waals surface area contributed by atoms with E-state index >= 15 is 0 Å². The normalized spacial score (nSPS) is 13.1. The van der Waals surface area contributed by atoms with E-state index in [0.717, 1.165) is 25.9 Å². The highest BCUT2D eigenvalue weighted by Crippen LogP contribution is 2.33. The first-order valence-corrected chi connectivity index (χ1v) is 24.1. The van der Waals surface area contributed by atoms with E-state index < -0.39 is 12.1 Å². The van der Waals surface area contributed by atoms with E-state index in [0.29, 0.717) is 45.9 Å². The maximum Gasteiger partial charge on any atom is 0.411 e. The summed E-state index contributed by atoms with van der Waals surface area (Å²) in [5, 5.41) is 23.4. The Morgan fingerprint density at radius 1 is 0.725 bits per heavy atom. The van der Waals surface area contributed by atoms with Gasteiger partial charge < -0.3 is 25.7 Å². The van der Waals surface area contributed by atoms with Crippen molar-refractivity contribution < 1.29 is 23.9 Å². The van der Waals surface area contributed by atoms with E-state index in [-0.39, 0.29) is 42.5 Å². The van der Waals surface area contributed by atoms with E-state index in [4.69, 9.17) is 10.1 Å². The van der Waals surface area contributed by atoms with Crippen molar-refractivity contribution in [2.75, 3.05) is 17.7 Å². The largest absolute Gasteiger partial charge is 0.447 e. The summed E-state index contributed by atoms with van der Waals surface area (Å²) in [4.78, 5) is 60.7. The van der Waals surface area contributed by atoms with Crippen molar-refractivity contribution in [3.8, 4) is 0 Å². The van der Waals surface area contributed by atoms with Crippen LogP contribution in [0.4, 0.5) is 21.0 Å². The second-order valence-corrected chi connectivity index (χ2v) is 17.8. The molecule has 2 aromatic heterocycles. The Kier molecular flexibility index (Phi) is 19.9. The average molecular weight is 1060 g/mol. The molecule has 1 aliphatic heterocycles. The van der Waals surface area contributed by atoms with E-state index in [1.807, 2.05) is 100 Å². The van der Waals surface area contributed by atoms with Gasteiger partial charge in [0.05, 0.1) is 29.2 Å². The summed E-state index contributed by atoms with van der Waals surface area (Å²) in [7, 11) is 1.74. The van der Waals surface area contributed by atoms with Gasteiger partial charge in [-0.15, -0.1) is 0 Å². The Hall–Kier alpha value is -7.04. The third kappa shape index (κ3) is 15.5. The first-order valence-electron chi connectivity index (χ1n) is 22.5. The van der Waals surface area contributed by atoms with Gasteiger partial charge in [-0.3, -0.25) is 24.9 Å². The fraction of sp³-hybridized carbons (Fsp3) is 0.245. The summed E-state index contributed by atoms with van der Waals surface area (Å²) >= 11 is 6.78. The van der Waals surface area contributed by atoms with Crippen LogP contribution in [-0.2, 0) is 4.74 Å². The summed E-state index contributed by atoms with van der Waals surface area (Å²) in [6.07, 6.45) is 3.48. The van der Waals surface area contributed by atoms with Gasteiger partial charge in [0.25, 0.3) is 11.8 Å². The second-order valence-electron chi connectivity index (χ2n) is 16.0. The number of carbonyl (C=O) groups excluding carboxylic acids is 4. The zero-order chi connectivity index (χ0) is 50.0. The second kappa shape index (κ2) is 25.9. The van der Waals surface area contributed by atoms with Gasteiger partial charge in [0.2, 0.25) is 0 Å². The molecule has 3 heterocycles. The number of amides is 5. The van der Waals surface area contributed by atoms with Crippen LogP contribution in [0, 0.1) is 5.41 Å².